The average Bonchev–Trinajstić information content (AvgIpc) is 3.50. The number of hydrogen-bond acceptors (Lipinski definition) is 3. The molecule has 4 saturated carbocycles. The van der Waals surface area contributed by atoms with Crippen LogP contribution in [0, 0.1) is 23.7 Å². The smallest absolute Gasteiger partial charge is 0.164 e. The molecule has 3 nitrogen and oxygen atoms in total. The van der Waals surface area contributed by atoms with Crippen molar-refractivity contribution < 1.29 is 0 Å². The van der Waals surface area contributed by atoms with Crippen LogP contribution in [0.2, 0.25) is 0 Å². The summed E-state index contributed by atoms with van der Waals surface area (Å²) in [5.41, 5.74) is 14.2. The maximum atomic E-state index is 5.05. The summed E-state index contributed by atoms with van der Waals surface area (Å²) in [5.74, 6) is 5.27. The molecule has 0 radical (unpaired) electrons. The molecule has 0 amide bonds. The molecule has 3 heteroatoms. The van der Waals surface area contributed by atoms with Gasteiger partial charge in [-0.3, -0.25) is 0 Å². The van der Waals surface area contributed by atoms with Gasteiger partial charge in [-0.1, -0.05) is 133 Å². The Morgan fingerprint density at radius 1 is 0.346 bits per heavy atom. The van der Waals surface area contributed by atoms with Crippen LogP contribution in [0.25, 0.3) is 67.5 Å². The SMILES string of the molecule is c1ccc(-c2ccc3c(c2)C2(c4cc(-c5cccc(-c6nc(-c7ccccc7)nc(-c7ccccc7)n6)c5)ccc4-3)C3CC4CC(C3)CC2C4)cc1. The van der Waals surface area contributed by atoms with E-state index in [1.807, 2.05) is 36.4 Å². The van der Waals surface area contributed by atoms with Crippen molar-refractivity contribution >= 4 is 0 Å². The summed E-state index contributed by atoms with van der Waals surface area (Å²) in [6.45, 7) is 0. The van der Waals surface area contributed by atoms with E-state index in [1.165, 1.54) is 65.5 Å². The predicted octanol–water partition coefficient (Wildman–Crippen LogP) is 11.9. The second-order valence-electron chi connectivity index (χ2n) is 15.7. The number of fused-ring (bicyclic) bond motifs is 3. The van der Waals surface area contributed by atoms with Crippen LogP contribution >= 0.6 is 0 Å². The Bertz CT molecular complexity index is 2380. The largest absolute Gasteiger partial charge is 0.208 e. The summed E-state index contributed by atoms with van der Waals surface area (Å²) in [5, 5.41) is 0. The molecule has 0 N–H and O–H groups in total. The number of benzene rings is 6. The first-order valence-corrected chi connectivity index (χ1v) is 19.0. The van der Waals surface area contributed by atoms with Gasteiger partial charge in [0.1, 0.15) is 0 Å². The summed E-state index contributed by atoms with van der Waals surface area (Å²) < 4.78 is 0. The minimum atomic E-state index is 0.0832. The number of hydrogen-bond donors (Lipinski definition) is 0. The Kier molecular flexibility index (Phi) is 6.74. The quantitative estimate of drug-likeness (QED) is 0.183. The first-order chi connectivity index (χ1) is 25.7. The third kappa shape index (κ3) is 4.61. The van der Waals surface area contributed by atoms with Gasteiger partial charge in [0.05, 0.1) is 0 Å². The Balaban J connectivity index is 1.05. The lowest BCUT2D eigenvalue weighted by molar-refractivity contribution is -0.0399. The summed E-state index contributed by atoms with van der Waals surface area (Å²) in [4.78, 5) is 15.0. The first-order valence-electron chi connectivity index (χ1n) is 19.0. The summed E-state index contributed by atoms with van der Waals surface area (Å²) in [6, 6.07) is 55.0. The van der Waals surface area contributed by atoms with Crippen molar-refractivity contribution in [2.75, 3.05) is 0 Å². The van der Waals surface area contributed by atoms with Gasteiger partial charge in [-0.25, -0.2) is 15.0 Å². The monoisotopic (exact) mass is 669 g/mol. The molecule has 1 aromatic heterocycles. The van der Waals surface area contributed by atoms with Crippen LogP contribution in [0.15, 0.2) is 152 Å². The zero-order chi connectivity index (χ0) is 34.2. The molecule has 7 aromatic rings. The lowest BCUT2D eigenvalue weighted by Gasteiger charge is -2.61. The van der Waals surface area contributed by atoms with Crippen LogP contribution in [0.5, 0.6) is 0 Å². The third-order valence-corrected chi connectivity index (χ3v) is 12.9. The number of rotatable bonds is 5. The highest BCUT2D eigenvalue weighted by atomic mass is 15.0. The van der Waals surface area contributed by atoms with Crippen molar-refractivity contribution in [3.05, 3.63) is 163 Å². The van der Waals surface area contributed by atoms with Gasteiger partial charge in [0.15, 0.2) is 17.5 Å². The summed E-state index contributed by atoms with van der Waals surface area (Å²) >= 11 is 0. The summed E-state index contributed by atoms with van der Waals surface area (Å²) in [6.07, 6.45) is 6.93. The lowest BCUT2D eigenvalue weighted by atomic mass is 9.43. The van der Waals surface area contributed by atoms with Gasteiger partial charge in [0, 0.05) is 22.1 Å². The highest BCUT2D eigenvalue weighted by Crippen LogP contribution is 2.69. The second kappa shape index (κ2) is 11.7. The molecule has 5 aliphatic carbocycles. The fraction of sp³-hybridized carbons (Fsp3) is 0.204. The van der Waals surface area contributed by atoms with Gasteiger partial charge >= 0.3 is 0 Å². The van der Waals surface area contributed by atoms with E-state index in [-0.39, 0.29) is 5.41 Å². The van der Waals surface area contributed by atoms with Gasteiger partial charge in [0.2, 0.25) is 0 Å². The average molecular weight is 670 g/mol. The zero-order valence-electron chi connectivity index (χ0n) is 29.1. The van der Waals surface area contributed by atoms with E-state index in [0.29, 0.717) is 29.3 Å². The molecule has 1 heterocycles. The molecule has 12 rings (SSSR count). The Morgan fingerprint density at radius 3 is 1.27 bits per heavy atom. The molecular formula is C49H39N3. The van der Waals surface area contributed by atoms with Crippen LogP contribution in [0.3, 0.4) is 0 Å². The fourth-order valence-corrected chi connectivity index (χ4v) is 11.0. The maximum absolute atomic E-state index is 5.05. The molecule has 0 aliphatic heterocycles. The van der Waals surface area contributed by atoms with Gasteiger partial charge in [-0.05, 0) is 118 Å². The maximum Gasteiger partial charge on any atom is 0.164 e. The van der Waals surface area contributed by atoms with Gasteiger partial charge in [-0.15, -0.1) is 0 Å². The van der Waals surface area contributed by atoms with Crippen LogP contribution < -0.4 is 0 Å². The van der Waals surface area contributed by atoms with Crippen molar-refractivity contribution in [3.8, 4) is 67.5 Å². The third-order valence-electron chi connectivity index (χ3n) is 12.9. The summed E-state index contributed by atoms with van der Waals surface area (Å²) in [7, 11) is 0. The molecule has 1 spiro atoms. The van der Waals surface area contributed by atoms with E-state index in [0.717, 1.165) is 28.5 Å². The van der Waals surface area contributed by atoms with Crippen molar-refractivity contribution in [2.45, 2.75) is 37.5 Å². The first kappa shape index (κ1) is 30.0. The fourth-order valence-electron chi connectivity index (χ4n) is 11.0. The van der Waals surface area contributed by atoms with E-state index < -0.39 is 0 Å². The minimum Gasteiger partial charge on any atom is -0.208 e. The minimum absolute atomic E-state index is 0.0832. The Morgan fingerprint density at radius 2 is 0.750 bits per heavy atom. The topological polar surface area (TPSA) is 38.7 Å². The number of aromatic nitrogens is 3. The van der Waals surface area contributed by atoms with Crippen LogP contribution in [0.1, 0.15) is 43.2 Å². The van der Waals surface area contributed by atoms with Crippen molar-refractivity contribution in [2.24, 2.45) is 23.7 Å². The molecule has 0 atom stereocenters. The van der Waals surface area contributed by atoms with Crippen LogP contribution in [-0.4, -0.2) is 15.0 Å². The molecule has 4 fully saturated rings. The standard InChI is InChI=1S/C49H39N3/c1-4-11-33(12-5-1)37-19-21-42-43-22-20-38(30-45(43)49(44(42)29-37)40-24-31-23-32(26-40)27-41(49)25-31)36-17-10-18-39(28-36)48-51-46(34-13-6-2-7-14-34)50-47(52-48)35-15-8-3-9-16-35/h1-22,28-32,40-41H,23-27H2. The predicted molar refractivity (Wildman–Crippen MR) is 210 cm³/mol. The van der Waals surface area contributed by atoms with E-state index in [4.69, 9.17) is 15.0 Å². The van der Waals surface area contributed by atoms with E-state index in [9.17, 15) is 0 Å². The van der Waals surface area contributed by atoms with E-state index >= 15 is 0 Å². The molecule has 5 aliphatic rings. The Hall–Kier alpha value is -5.67. The van der Waals surface area contributed by atoms with E-state index in [2.05, 4.69) is 115 Å². The van der Waals surface area contributed by atoms with Gasteiger partial charge < -0.3 is 0 Å². The van der Waals surface area contributed by atoms with E-state index in [1.54, 1.807) is 11.1 Å². The molecule has 4 bridgehead atoms. The highest BCUT2D eigenvalue weighted by Gasteiger charge is 2.61. The highest BCUT2D eigenvalue weighted by molar-refractivity contribution is 5.87. The Labute approximate surface area is 305 Å². The van der Waals surface area contributed by atoms with Crippen LogP contribution in [-0.2, 0) is 5.41 Å². The van der Waals surface area contributed by atoms with Crippen molar-refractivity contribution in [3.63, 3.8) is 0 Å². The molecule has 250 valence electrons. The van der Waals surface area contributed by atoms with Crippen molar-refractivity contribution in [1.29, 1.82) is 0 Å². The molecule has 52 heavy (non-hydrogen) atoms. The zero-order valence-corrected chi connectivity index (χ0v) is 29.1. The van der Waals surface area contributed by atoms with Crippen molar-refractivity contribution in [1.82, 2.24) is 15.0 Å². The van der Waals surface area contributed by atoms with Crippen LogP contribution in [0.4, 0.5) is 0 Å². The molecule has 6 aromatic carbocycles. The second-order valence-corrected chi connectivity index (χ2v) is 15.7. The lowest BCUT2D eigenvalue weighted by Crippen LogP contribution is -2.55. The number of nitrogens with zero attached hydrogens (tertiary/aromatic N) is 3. The molecule has 0 saturated heterocycles. The van der Waals surface area contributed by atoms with Gasteiger partial charge in [0.25, 0.3) is 0 Å². The molecule has 0 unspecified atom stereocenters. The molecular weight excluding hydrogens is 631 g/mol. The normalized spacial score (nSPS) is 23.5. The van der Waals surface area contributed by atoms with Gasteiger partial charge in [-0.2, -0.15) is 0 Å².